The zero-order chi connectivity index (χ0) is 13.8. The molecule has 5 nitrogen and oxygen atoms in total. The highest BCUT2D eigenvalue weighted by atomic mass is 16.4. The van der Waals surface area contributed by atoms with E-state index in [1.165, 1.54) is 12.8 Å². The van der Waals surface area contributed by atoms with E-state index in [0.717, 1.165) is 25.7 Å². The van der Waals surface area contributed by atoms with Crippen molar-refractivity contribution in [1.82, 2.24) is 10.2 Å². The topological polar surface area (TPSA) is 69.6 Å². The molecule has 2 saturated carbocycles. The third kappa shape index (κ3) is 3.85. The first-order valence-corrected chi connectivity index (χ1v) is 7.40. The van der Waals surface area contributed by atoms with Crippen LogP contribution in [0.15, 0.2) is 0 Å². The standard InChI is InChI=1S/C14H24N2O3/c1-2-16(11-5-3-4-6-11)14(19)15-12(9-13(17)18)10-7-8-10/h10-12H,2-9H2,1H3,(H,15,19)(H,17,18). The van der Waals surface area contributed by atoms with Crippen LogP contribution in [0.5, 0.6) is 0 Å². The van der Waals surface area contributed by atoms with Crippen molar-refractivity contribution in [1.29, 1.82) is 0 Å². The monoisotopic (exact) mass is 268 g/mol. The molecule has 0 saturated heterocycles. The Bertz CT molecular complexity index is 336. The molecular weight excluding hydrogens is 244 g/mol. The first-order chi connectivity index (χ1) is 9.11. The maximum Gasteiger partial charge on any atom is 0.317 e. The smallest absolute Gasteiger partial charge is 0.317 e. The Balaban J connectivity index is 1.90. The maximum absolute atomic E-state index is 12.3. The molecule has 2 rings (SSSR count). The summed E-state index contributed by atoms with van der Waals surface area (Å²) in [7, 11) is 0. The van der Waals surface area contributed by atoms with Gasteiger partial charge in [-0.25, -0.2) is 4.79 Å². The molecule has 0 aromatic rings. The van der Waals surface area contributed by atoms with Crippen molar-refractivity contribution in [3.05, 3.63) is 0 Å². The lowest BCUT2D eigenvalue weighted by Gasteiger charge is -2.30. The molecule has 2 fully saturated rings. The van der Waals surface area contributed by atoms with Gasteiger partial charge < -0.3 is 15.3 Å². The number of hydrogen-bond acceptors (Lipinski definition) is 2. The van der Waals surface area contributed by atoms with Gasteiger partial charge in [-0.2, -0.15) is 0 Å². The third-order valence-electron chi connectivity index (χ3n) is 4.26. The van der Waals surface area contributed by atoms with Crippen LogP contribution in [0.3, 0.4) is 0 Å². The molecule has 19 heavy (non-hydrogen) atoms. The van der Waals surface area contributed by atoms with Crippen molar-refractivity contribution >= 4 is 12.0 Å². The van der Waals surface area contributed by atoms with Crippen molar-refractivity contribution in [2.75, 3.05) is 6.54 Å². The Morgan fingerprint density at radius 1 is 1.26 bits per heavy atom. The summed E-state index contributed by atoms with van der Waals surface area (Å²) >= 11 is 0. The van der Waals surface area contributed by atoms with E-state index in [1.54, 1.807) is 0 Å². The molecule has 2 N–H and O–H groups in total. The molecule has 5 heteroatoms. The minimum atomic E-state index is -0.832. The Labute approximate surface area is 114 Å². The molecule has 108 valence electrons. The lowest BCUT2D eigenvalue weighted by Crippen LogP contribution is -2.49. The second-order valence-corrected chi connectivity index (χ2v) is 5.72. The second-order valence-electron chi connectivity index (χ2n) is 5.72. The zero-order valence-electron chi connectivity index (χ0n) is 11.6. The fourth-order valence-electron chi connectivity index (χ4n) is 3.05. The fraction of sp³-hybridized carbons (Fsp3) is 0.857. The number of nitrogens with one attached hydrogen (secondary N) is 1. The molecule has 2 aliphatic carbocycles. The van der Waals surface area contributed by atoms with Gasteiger partial charge in [0.2, 0.25) is 0 Å². The number of aliphatic carboxylic acids is 1. The molecule has 0 aliphatic heterocycles. The van der Waals surface area contributed by atoms with E-state index in [2.05, 4.69) is 5.32 Å². The van der Waals surface area contributed by atoms with Gasteiger partial charge in [-0.15, -0.1) is 0 Å². The molecule has 1 unspecified atom stereocenters. The van der Waals surface area contributed by atoms with Gasteiger partial charge in [0.05, 0.1) is 6.42 Å². The Morgan fingerprint density at radius 2 is 1.89 bits per heavy atom. The maximum atomic E-state index is 12.3. The Morgan fingerprint density at radius 3 is 2.37 bits per heavy atom. The van der Waals surface area contributed by atoms with Crippen molar-refractivity contribution in [2.45, 2.75) is 64.0 Å². The quantitative estimate of drug-likeness (QED) is 0.776. The highest BCUT2D eigenvalue weighted by Crippen LogP contribution is 2.34. The van der Waals surface area contributed by atoms with Gasteiger partial charge >= 0.3 is 12.0 Å². The number of nitrogens with zero attached hydrogens (tertiary/aromatic N) is 1. The fourth-order valence-corrected chi connectivity index (χ4v) is 3.05. The predicted octanol–water partition coefficient (Wildman–Crippen LogP) is 2.21. The number of carbonyl (C=O) groups excluding carboxylic acids is 1. The lowest BCUT2D eigenvalue weighted by atomic mass is 10.1. The molecule has 0 bridgehead atoms. The van der Waals surface area contributed by atoms with Crippen LogP contribution >= 0.6 is 0 Å². The van der Waals surface area contributed by atoms with Crippen LogP contribution in [0.2, 0.25) is 0 Å². The van der Waals surface area contributed by atoms with Gasteiger partial charge in [0.15, 0.2) is 0 Å². The van der Waals surface area contributed by atoms with Crippen LogP contribution in [0.4, 0.5) is 4.79 Å². The number of carboxylic acids is 1. The minimum absolute atomic E-state index is 0.0403. The van der Waals surface area contributed by atoms with Crippen LogP contribution in [0.1, 0.15) is 51.9 Å². The highest BCUT2D eigenvalue weighted by Gasteiger charge is 2.35. The summed E-state index contributed by atoms with van der Waals surface area (Å²) in [5.74, 6) is -0.469. The highest BCUT2D eigenvalue weighted by molar-refractivity contribution is 5.76. The number of urea groups is 1. The summed E-state index contributed by atoms with van der Waals surface area (Å²) in [5.41, 5.74) is 0. The van der Waals surface area contributed by atoms with E-state index < -0.39 is 5.97 Å². The Kier molecular flexibility index (Phi) is 4.66. The second kappa shape index (κ2) is 6.26. The van der Waals surface area contributed by atoms with Gasteiger partial charge in [-0.3, -0.25) is 4.79 Å². The molecule has 0 radical (unpaired) electrons. The number of carboxylic acid groups (broad SMARTS) is 1. The number of carbonyl (C=O) groups is 2. The molecule has 0 aromatic heterocycles. The SMILES string of the molecule is CCN(C(=O)NC(CC(=O)O)C1CC1)C1CCCC1. The summed E-state index contributed by atoms with van der Waals surface area (Å²) in [5, 5.41) is 11.9. The average Bonchev–Trinajstić information content (AvgIpc) is 3.07. The van der Waals surface area contributed by atoms with Gasteiger partial charge in [0.1, 0.15) is 0 Å². The van der Waals surface area contributed by atoms with E-state index in [0.29, 0.717) is 18.5 Å². The van der Waals surface area contributed by atoms with E-state index in [9.17, 15) is 9.59 Å². The van der Waals surface area contributed by atoms with Gasteiger partial charge in [0, 0.05) is 18.6 Å². The van der Waals surface area contributed by atoms with Crippen LogP contribution < -0.4 is 5.32 Å². The lowest BCUT2D eigenvalue weighted by molar-refractivity contribution is -0.137. The first kappa shape index (κ1) is 14.2. The number of rotatable bonds is 6. The molecule has 0 heterocycles. The van der Waals surface area contributed by atoms with Crippen molar-refractivity contribution in [3.8, 4) is 0 Å². The molecular formula is C14H24N2O3. The van der Waals surface area contributed by atoms with Crippen molar-refractivity contribution < 1.29 is 14.7 Å². The van der Waals surface area contributed by atoms with Gasteiger partial charge in [0.25, 0.3) is 0 Å². The largest absolute Gasteiger partial charge is 0.481 e. The zero-order valence-corrected chi connectivity index (χ0v) is 11.6. The molecule has 0 spiro atoms. The van der Waals surface area contributed by atoms with Gasteiger partial charge in [-0.05, 0) is 38.5 Å². The third-order valence-corrected chi connectivity index (χ3v) is 4.26. The molecule has 1 atom stereocenters. The van der Waals surface area contributed by atoms with E-state index in [4.69, 9.17) is 5.11 Å². The number of amides is 2. The van der Waals surface area contributed by atoms with Crippen LogP contribution in [0, 0.1) is 5.92 Å². The van der Waals surface area contributed by atoms with E-state index in [-0.39, 0.29) is 18.5 Å². The molecule has 2 amide bonds. The van der Waals surface area contributed by atoms with Crippen molar-refractivity contribution in [2.24, 2.45) is 5.92 Å². The first-order valence-electron chi connectivity index (χ1n) is 7.40. The minimum Gasteiger partial charge on any atom is -0.481 e. The van der Waals surface area contributed by atoms with Crippen LogP contribution in [-0.4, -0.2) is 40.6 Å². The van der Waals surface area contributed by atoms with E-state index in [1.807, 2.05) is 11.8 Å². The van der Waals surface area contributed by atoms with E-state index >= 15 is 0 Å². The summed E-state index contributed by atoms with van der Waals surface area (Å²) < 4.78 is 0. The Hall–Kier alpha value is -1.26. The van der Waals surface area contributed by atoms with Crippen LogP contribution in [-0.2, 0) is 4.79 Å². The normalized spacial score (nSPS) is 21.1. The van der Waals surface area contributed by atoms with Gasteiger partial charge in [-0.1, -0.05) is 12.8 Å². The summed E-state index contributed by atoms with van der Waals surface area (Å²) in [6.07, 6.45) is 6.65. The molecule has 2 aliphatic rings. The summed E-state index contributed by atoms with van der Waals surface area (Å²) in [6.45, 7) is 2.68. The van der Waals surface area contributed by atoms with Crippen LogP contribution in [0.25, 0.3) is 0 Å². The predicted molar refractivity (Wildman–Crippen MR) is 71.9 cm³/mol. The molecule has 0 aromatic carbocycles. The average molecular weight is 268 g/mol. The van der Waals surface area contributed by atoms with Crippen molar-refractivity contribution in [3.63, 3.8) is 0 Å². The number of hydrogen-bond donors (Lipinski definition) is 2. The summed E-state index contributed by atoms with van der Waals surface area (Å²) in [6, 6.07) is 0.0719. The summed E-state index contributed by atoms with van der Waals surface area (Å²) in [4.78, 5) is 25.0.